The van der Waals surface area contributed by atoms with Gasteiger partial charge in [0.1, 0.15) is 0 Å². The minimum Gasteiger partial charge on any atom is -0.312 e. The van der Waals surface area contributed by atoms with Crippen LogP contribution in [0.5, 0.6) is 0 Å². The molecule has 4 nitrogen and oxygen atoms in total. The van der Waals surface area contributed by atoms with E-state index in [-0.39, 0.29) is 5.54 Å². The highest BCUT2D eigenvalue weighted by atomic mass is 35.5. The number of halogens is 1. The van der Waals surface area contributed by atoms with Gasteiger partial charge in [-0.05, 0) is 40.4 Å². The first-order valence-corrected chi connectivity index (χ1v) is 8.39. The predicted molar refractivity (Wildman–Crippen MR) is 89.0 cm³/mol. The molecule has 0 radical (unpaired) electrons. The van der Waals surface area contributed by atoms with Gasteiger partial charge in [0.2, 0.25) is 0 Å². The third-order valence-corrected chi connectivity index (χ3v) is 5.61. The van der Waals surface area contributed by atoms with Gasteiger partial charge >= 0.3 is 0 Å². The number of aromatic nitrogens is 2. The minimum absolute atomic E-state index is 0.234. The van der Waals surface area contributed by atoms with Crippen molar-refractivity contribution in [2.45, 2.75) is 57.5 Å². The Morgan fingerprint density at radius 1 is 1.38 bits per heavy atom. The summed E-state index contributed by atoms with van der Waals surface area (Å²) in [6.07, 6.45) is 6.08. The van der Waals surface area contributed by atoms with Crippen LogP contribution in [-0.2, 0) is 13.5 Å². The first-order chi connectivity index (χ1) is 9.92. The lowest BCUT2D eigenvalue weighted by molar-refractivity contribution is 0.104. The number of hydrogen-bond acceptors (Lipinski definition) is 3. The van der Waals surface area contributed by atoms with E-state index >= 15 is 0 Å². The molecular weight excluding hydrogens is 284 g/mol. The van der Waals surface area contributed by atoms with E-state index in [1.54, 1.807) is 0 Å². The second-order valence-electron chi connectivity index (χ2n) is 6.49. The Bertz CT molecular complexity index is 475. The topological polar surface area (TPSA) is 33.1 Å². The van der Waals surface area contributed by atoms with E-state index in [0.29, 0.717) is 6.04 Å². The Morgan fingerprint density at radius 2 is 2.00 bits per heavy atom. The van der Waals surface area contributed by atoms with Crippen LogP contribution >= 0.6 is 11.6 Å². The monoisotopic (exact) mass is 312 g/mol. The third kappa shape index (κ3) is 3.13. The lowest BCUT2D eigenvalue weighted by atomic mass is 9.84. The Kier molecular flexibility index (Phi) is 5.33. The number of likely N-dealkylation sites (N-methyl/N-ethyl adjacent to an activating group) is 2. The standard InChI is InChI=1S/C16H29ClN4/c1-6-18-14(16(20(3)4)9-7-8-10-16)11-13-15(17)12(2)19-21(13)5/h14,18H,6-11H2,1-5H3. The molecule has 1 saturated carbocycles. The number of nitrogens with one attached hydrogen (secondary N) is 1. The Balaban J connectivity index is 2.30. The van der Waals surface area contributed by atoms with Gasteiger partial charge in [-0.15, -0.1) is 0 Å². The number of rotatable bonds is 6. The van der Waals surface area contributed by atoms with Crippen LogP contribution < -0.4 is 5.32 Å². The van der Waals surface area contributed by atoms with Crippen LogP contribution in [0.2, 0.25) is 5.02 Å². The molecule has 1 N–H and O–H groups in total. The van der Waals surface area contributed by atoms with Crippen LogP contribution in [0, 0.1) is 6.92 Å². The van der Waals surface area contributed by atoms with Crippen molar-refractivity contribution in [1.29, 1.82) is 0 Å². The fourth-order valence-electron chi connectivity index (χ4n) is 3.89. The van der Waals surface area contributed by atoms with E-state index in [1.165, 1.54) is 25.7 Å². The molecule has 0 aromatic carbocycles. The summed E-state index contributed by atoms with van der Waals surface area (Å²) in [7, 11) is 6.42. The minimum atomic E-state index is 0.234. The van der Waals surface area contributed by atoms with Gasteiger partial charge in [-0.1, -0.05) is 31.4 Å². The van der Waals surface area contributed by atoms with E-state index in [9.17, 15) is 0 Å². The summed E-state index contributed by atoms with van der Waals surface area (Å²) in [5.41, 5.74) is 2.31. The van der Waals surface area contributed by atoms with Crippen LogP contribution in [0.25, 0.3) is 0 Å². The van der Waals surface area contributed by atoms with Crippen LogP contribution in [0.15, 0.2) is 0 Å². The van der Waals surface area contributed by atoms with Crippen molar-refractivity contribution < 1.29 is 0 Å². The van der Waals surface area contributed by atoms with E-state index in [2.05, 4.69) is 36.3 Å². The summed E-state index contributed by atoms with van der Waals surface area (Å²) < 4.78 is 1.94. The molecule has 0 saturated heterocycles. The molecule has 2 rings (SSSR count). The maximum Gasteiger partial charge on any atom is 0.0847 e. The number of aryl methyl sites for hydroxylation is 2. The van der Waals surface area contributed by atoms with E-state index < -0.39 is 0 Å². The normalized spacial score (nSPS) is 19.4. The van der Waals surface area contributed by atoms with Crippen molar-refractivity contribution in [3.8, 4) is 0 Å². The largest absolute Gasteiger partial charge is 0.312 e. The molecule has 1 fully saturated rings. The lowest BCUT2D eigenvalue weighted by Crippen LogP contribution is -2.58. The molecule has 5 heteroatoms. The van der Waals surface area contributed by atoms with Gasteiger partial charge in [-0.2, -0.15) is 5.10 Å². The van der Waals surface area contributed by atoms with Crippen molar-refractivity contribution in [2.75, 3.05) is 20.6 Å². The van der Waals surface area contributed by atoms with Gasteiger partial charge in [0, 0.05) is 25.0 Å². The van der Waals surface area contributed by atoms with Gasteiger partial charge in [-0.25, -0.2) is 0 Å². The second kappa shape index (κ2) is 6.67. The maximum atomic E-state index is 6.47. The Hall–Kier alpha value is -0.580. The average Bonchev–Trinajstić information content (AvgIpc) is 3.00. The van der Waals surface area contributed by atoms with E-state index in [0.717, 1.165) is 29.4 Å². The van der Waals surface area contributed by atoms with Crippen molar-refractivity contribution in [1.82, 2.24) is 20.0 Å². The van der Waals surface area contributed by atoms with Crippen molar-refractivity contribution >= 4 is 11.6 Å². The molecule has 21 heavy (non-hydrogen) atoms. The van der Waals surface area contributed by atoms with Gasteiger partial charge < -0.3 is 10.2 Å². The van der Waals surface area contributed by atoms with Gasteiger partial charge in [0.25, 0.3) is 0 Å². The summed E-state index contributed by atoms with van der Waals surface area (Å²) in [4.78, 5) is 2.42. The highest BCUT2D eigenvalue weighted by Gasteiger charge is 2.43. The Labute approximate surface area is 133 Å². The van der Waals surface area contributed by atoms with Crippen molar-refractivity contribution in [3.05, 3.63) is 16.4 Å². The van der Waals surface area contributed by atoms with Crippen molar-refractivity contribution in [3.63, 3.8) is 0 Å². The fraction of sp³-hybridized carbons (Fsp3) is 0.812. The van der Waals surface area contributed by atoms with E-state index in [4.69, 9.17) is 11.6 Å². The number of nitrogens with zero attached hydrogens (tertiary/aromatic N) is 3. The molecule has 1 unspecified atom stereocenters. The summed E-state index contributed by atoms with van der Waals surface area (Å²) in [5.74, 6) is 0. The van der Waals surface area contributed by atoms with Gasteiger partial charge in [-0.3, -0.25) is 4.68 Å². The molecule has 1 heterocycles. The van der Waals surface area contributed by atoms with Crippen LogP contribution in [0.3, 0.4) is 0 Å². The summed E-state index contributed by atoms with van der Waals surface area (Å²) in [6, 6.07) is 0.410. The first kappa shape index (κ1) is 16.8. The zero-order chi connectivity index (χ0) is 15.6. The SMILES string of the molecule is CCNC(Cc1c(Cl)c(C)nn1C)C1(N(C)C)CCCC1. The lowest BCUT2D eigenvalue weighted by Gasteiger charge is -2.44. The molecule has 1 aliphatic rings. The molecule has 1 aromatic rings. The van der Waals surface area contributed by atoms with Crippen LogP contribution in [-0.4, -0.2) is 46.9 Å². The first-order valence-electron chi connectivity index (χ1n) is 8.01. The average molecular weight is 313 g/mol. The molecule has 0 bridgehead atoms. The molecule has 1 aromatic heterocycles. The maximum absolute atomic E-state index is 6.47. The highest BCUT2D eigenvalue weighted by molar-refractivity contribution is 6.31. The third-order valence-electron chi connectivity index (χ3n) is 5.12. The zero-order valence-electron chi connectivity index (χ0n) is 14.0. The second-order valence-corrected chi connectivity index (χ2v) is 6.87. The van der Waals surface area contributed by atoms with Gasteiger partial charge in [0.05, 0.1) is 16.4 Å². The number of hydrogen-bond donors (Lipinski definition) is 1. The van der Waals surface area contributed by atoms with Crippen LogP contribution in [0.4, 0.5) is 0 Å². The predicted octanol–water partition coefficient (Wildman–Crippen LogP) is 2.78. The molecule has 0 amide bonds. The zero-order valence-corrected chi connectivity index (χ0v) is 14.8. The molecule has 0 spiro atoms. The summed E-state index contributed by atoms with van der Waals surface area (Å²) in [6.45, 7) is 5.14. The Morgan fingerprint density at radius 3 is 2.43 bits per heavy atom. The smallest absolute Gasteiger partial charge is 0.0847 e. The quantitative estimate of drug-likeness (QED) is 0.877. The summed E-state index contributed by atoms with van der Waals surface area (Å²) in [5, 5.41) is 9.01. The van der Waals surface area contributed by atoms with Gasteiger partial charge in [0.15, 0.2) is 0 Å². The van der Waals surface area contributed by atoms with E-state index in [1.807, 2.05) is 18.7 Å². The fourth-order valence-corrected chi connectivity index (χ4v) is 4.13. The highest BCUT2D eigenvalue weighted by Crippen LogP contribution is 2.38. The van der Waals surface area contributed by atoms with Crippen LogP contribution in [0.1, 0.15) is 44.0 Å². The molecule has 120 valence electrons. The molecule has 1 atom stereocenters. The van der Waals surface area contributed by atoms with Crippen molar-refractivity contribution in [2.24, 2.45) is 7.05 Å². The molecule has 1 aliphatic carbocycles. The summed E-state index contributed by atoms with van der Waals surface area (Å²) >= 11 is 6.47. The molecular formula is C16H29ClN4. The molecule has 0 aliphatic heterocycles.